The van der Waals surface area contributed by atoms with E-state index in [0.29, 0.717) is 6.61 Å². The van der Waals surface area contributed by atoms with E-state index in [4.69, 9.17) is 4.74 Å². The number of amides is 1. The predicted octanol–water partition coefficient (Wildman–Crippen LogP) is 0.651. The molecule has 2 atom stereocenters. The molecule has 2 unspecified atom stereocenters. The summed E-state index contributed by atoms with van der Waals surface area (Å²) in [5.74, 6) is 0.384. The molecule has 66 valence electrons. The lowest BCUT2D eigenvalue weighted by Crippen LogP contribution is -2.31. The Hall–Kier alpha value is -0.570. The fraction of sp³-hybridized carbons (Fsp3) is 0.875. The van der Waals surface area contributed by atoms with E-state index in [9.17, 15) is 4.79 Å². The van der Waals surface area contributed by atoms with Crippen molar-refractivity contribution in [1.82, 2.24) is 5.32 Å². The number of nitrogens with one attached hydrogen (secondary N) is 1. The van der Waals surface area contributed by atoms with Gasteiger partial charge >= 0.3 is 0 Å². The van der Waals surface area contributed by atoms with E-state index in [1.165, 1.54) is 0 Å². The smallest absolute Gasteiger partial charge is 0.222 e. The van der Waals surface area contributed by atoms with E-state index in [1.54, 1.807) is 14.2 Å². The highest BCUT2D eigenvalue weighted by Crippen LogP contribution is 2.10. The average molecular weight is 159 g/mol. The summed E-state index contributed by atoms with van der Waals surface area (Å²) in [6.45, 7) is 4.54. The largest absolute Gasteiger partial charge is 0.384 e. The maximum atomic E-state index is 11.1. The van der Waals surface area contributed by atoms with Crippen molar-refractivity contribution in [3.63, 3.8) is 0 Å². The Morgan fingerprint density at radius 3 is 2.45 bits per heavy atom. The fourth-order valence-electron chi connectivity index (χ4n) is 0.893. The Kier molecular flexibility index (Phi) is 4.86. The molecule has 0 bridgehead atoms. The zero-order valence-corrected chi connectivity index (χ0v) is 7.68. The number of carbonyl (C=O) groups excluding carboxylic acids is 1. The molecule has 3 nitrogen and oxygen atoms in total. The van der Waals surface area contributed by atoms with Gasteiger partial charge in [-0.15, -0.1) is 0 Å². The predicted molar refractivity (Wildman–Crippen MR) is 44.3 cm³/mol. The van der Waals surface area contributed by atoms with Gasteiger partial charge in [0.1, 0.15) is 0 Å². The molecule has 0 aromatic rings. The van der Waals surface area contributed by atoms with Gasteiger partial charge in [0.25, 0.3) is 0 Å². The first-order valence-electron chi connectivity index (χ1n) is 3.84. The van der Waals surface area contributed by atoms with Gasteiger partial charge in [0.05, 0.1) is 0 Å². The van der Waals surface area contributed by atoms with Crippen LogP contribution < -0.4 is 5.32 Å². The third-order valence-corrected chi connectivity index (χ3v) is 1.94. The van der Waals surface area contributed by atoms with Crippen LogP contribution >= 0.6 is 0 Å². The fourth-order valence-corrected chi connectivity index (χ4v) is 0.893. The zero-order chi connectivity index (χ0) is 8.85. The summed E-state index contributed by atoms with van der Waals surface area (Å²) in [5, 5.41) is 2.61. The molecule has 0 aliphatic carbocycles. The van der Waals surface area contributed by atoms with Crippen LogP contribution in [0, 0.1) is 11.8 Å². The molecule has 0 rings (SSSR count). The Bertz CT molecular complexity index is 125. The lowest BCUT2D eigenvalue weighted by Gasteiger charge is -2.16. The highest BCUT2D eigenvalue weighted by molar-refractivity contribution is 5.78. The van der Waals surface area contributed by atoms with E-state index in [-0.39, 0.29) is 17.7 Å². The minimum atomic E-state index is 0.0277. The molecule has 3 heteroatoms. The van der Waals surface area contributed by atoms with Crippen LogP contribution in [0.25, 0.3) is 0 Å². The molecule has 0 heterocycles. The highest BCUT2D eigenvalue weighted by atomic mass is 16.5. The summed E-state index contributed by atoms with van der Waals surface area (Å²) in [5.41, 5.74) is 0. The van der Waals surface area contributed by atoms with E-state index in [0.717, 1.165) is 0 Å². The van der Waals surface area contributed by atoms with E-state index in [1.807, 2.05) is 13.8 Å². The molecule has 1 amide bonds. The summed E-state index contributed by atoms with van der Waals surface area (Å²) >= 11 is 0. The summed E-state index contributed by atoms with van der Waals surface area (Å²) in [6.07, 6.45) is 0. The second-order valence-electron chi connectivity index (χ2n) is 2.84. The topological polar surface area (TPSA) is 38.3 Å². The Balaban J connectivity index is 3.80. The molecule has 0 fully saturated rings. The van der Waals surface area contributed by atoms with Crippen molar-refractivity contribution in [2.24, 2.45) is 11.8 Å². The summed E-state index contributed by atoms with van der Waals surface area (Å²) in [6, 6.07) is 0. The Labute approximate surface area is 68.1 Å². The van der Waals surface area contributed by atoms with Crippen LogP contribution in [0.2, 0.25) is 0 Å². The van der Waals surface area contributed by atoms with Crippen LogP contribution in [-0.4, -0.2) is 26.7 Å². The molecule has 0 aliphatic rings. The SMILES string of the molecule is CNC(=O)C(C)C(C)COC. The number of rotatable bonds is 4. The molecule has 0 spiro atoms. The Morgan fingerprint density at radius 2 is 2.09 bits per heavy atom. The molecule has 0 saturated carbocycles. The Morgan fingerprint density at radius 1 is 1.55 bits per heavy atom. The second kappa shape index (κ2) is 5.13. The number of hydrogen-bond acceptors (Lipinski definition) is 2. The van der Waals surface area contributed by atoms with Crippen molar-refractivity contribution in [2.75, 3.05) is 20.8 Å². The number of hydrogen-bond donors (Lipinski definition) is 1. The molecule has 0 radical (unpaired) electrons. The van der Waals surface area contributed by atoms with Crippen LogP contribution in [0.4, 0.5) is 0 Å². The van der Waals surface area contributed by atoms with Crippen LogP contribution in [0.3, 0.4) is 0 Å². The van der Waals surface area contributed by atoms with Crippen molar-refractivity contribution in [3.8, 4) is 0 Å². The second-order valence-corrected chi connectivity index (χ2v) is 2.84. The molecular formula is C8H17NO2. The van der Waals surface area contributed by atoms with Gasteiger partial charge in [-0.05, 0) is 5.92 Å². The molecular weight excluding hydrogens is 142 g/mol. The minimum absolute atomic E-state index is 0.0277. The van der Waals surface area contributed by atoms with Crippen molar-refractivity contribution >= 4 is 5.91 Å². The van der Waals surface area contributed by atoms with Gasteiger partial charge in [-0.1, -0.05) is 13.8 Å². The third kappa shape index (κ3) is 3.37. The summed E-state index contributed by atoms with van der Waals surface area (Å²) in [4.78, 5) is 11.1. The van der Waals surface area contributed by atoms with Crippen LogP contribution in [0.1, 0.15) is 13.8 Å². The third-order valence-electron chi connectivity index (χ3n) is 1.94. The molecule has 0 aliphatic heterocycles. The minimum Gasteiger partial charge on any atom is -0.384 e. The van der Waals surface area contributed by atoms with Gasteiger partial charge in [0.2, 0.25) is 5.91 Å². The van der Waals surface area contributed by atoms with Crippen LogP contribution in [0.5, 0.6) is 0 Å². The molecule has 0 saturated heterocycles. The molecule has 0 aromatic carbocycles. The normalized spacial score (nSPS) is 15.6. The quantitative estimate of drug-likeness (QED) is 0.654. The number of methoxy groups -OCH3 is 1. The molecule has 11 heavy (non-hydrogen) atoms. The van der Waals surface area contributed by atoms with E-state index in [2.05, 4.69) is 5.32 Å². The van der Waals surface area contributed by atoms with E-state index < -0.39 is 0 Å². The maximum absolute atomic E-state index is 11.1. The first-order chi connectivity index (χ1) is 5.13. The van der Waals surface area contributed by atoms with Crippen molar-refractivity contribution in [2.45, 2.75) is 13.8 Å². The summed E-state index contributed by atoms with van der Waals surface area (Å²) < 4.78 is 4.94. The average Bonchev–Trinajstić information content (AvgIpc) is 2.02. The maximum Gasteiger partial charge on any atom is 0.222 e. The molecule has 1 N–H and O–H groups in total. The lowest BCUT2D eigenvalue weighted by atomic mass is 9.96. The van der Waals surface area contributed by atoms with E-state index >= 15 is 0 Å². The van der Waals surface area contributed by atoms with Gasteiger partial charge in [0, 0.05) is 26.7 Å². The van der Waals surface area contributed by atoms with Gasteiger partial charge in [-0.2, -0.15) is 0 Å². The standard InChI is InChI=1S/C8H17NO2/c1-6(5-11-4)7(2)8(10)9-3/h6-7H,5H2,1-4H3,(H,9,10). The van der Waals surface area contributed by atoms with Crippen molar-refractivity contribution in [1.29, 1.82) is 0 Å². The summed E-state index contributed by atoms with van der Waals surface area (Å²) in [7, 11) is 3.30. The highest BCUT2D eigenvalue weighted by Gasteiger charge is 2.18. The number of carbonyl (C=O) groups is 1. The molecule has 0 aromatic heterocycles. The van der Waals surface area contributed by atoms with Gasteiger partial charge < -0.3 is 10.1 Å². The lowest BCUT2D eigenvalue weighted by molar-refractivity contribution is -0.126. The van der Waals surface area contributed by atoms with Gasteiger partial charge in [-0.3, -0.25) is 4.79 Å². The first-order valence-corrected chi connectivity index (χ1v) is 3.84. The first kappa shape index (κ1) is 10.4. The van der Waals surface area contributed by atoms with Gasteiger partial charge in [0.15, 0.2) is 0 Å². The van der Waals surface area contributed by atoms with Crippen LogP contribution in [-0.2, 0) is 9.53 Å². The van der Waals surface area contributed by atoms with Gasteiger partial charge in [-0.25, -0.2) is 0 Å². The van der Waals surface area contributed by atoms with Crippen molar-refractivity contribution in [3.05, 3.63) is 0 Å². The number of ether oxygens (including phenoxy) is 1. The van der Waals surface area contributed by atoms with Crippen LogP contribution in [0.15, 0.2) is 0 Å². The monoisotopic (exact) mass is 159 g/mol. The van der Waals surface area contributed by atoms with Crippen molar-refractivity contribution < 1.29 is 9.53 Å². The zero-order valence-electron chi connectivity index (χ0n) is 7.68.